The van der Waals surface area contributed by atoms with Crippen molar-refractivity contribution in [1.82, 2.24) is 10.2 Å². The standard InChI is InChI=1S/C22H28N2O2/c1-4-20(22(26)23-5-2)24(16-19-13-11-17(3)12-14-19)21(25)15-18-9-7-6-8-10-18/h6-14,20H,4-5,15-16H2,1-3H3,(H,23,26)/t20-/m1/s1. The van der Waals surface area contributed by atoms with Crippen molar-refractivity contribution in [1.29, 1.82) is 0 Å². The Hall–Kier alpha value is -2.62. The third-order valence-electron chi connectivity index (χ3n) is 4.41. The molecule has 0 bridgehead atoms. The minimum Gasteiger partial charge on any atom is -0.355 e. The van der Waals surface area contributed by atoms with Crippen LogP contribution in [0.25, 0.3) is 0 Å². The third-order valence-corrected chi connectivity index (χ3v) is 4.41. The number of likely N-dealkylation sites (N-methyl/N-ethyl adjacent to an activating group) is 1. The van der Waals surface area contributed by atoms with Crippen LogP contribution in [-0.2, 0) is 22.6 Å². The number of carbonyl (C=O) groups excluding carboxylic acids is 2. The summed E-state index contributed by atoms with van der Waals surface area (Å²) in [4.78, 5) is 27.3. The lowest BCUT2D eigenvalue weighted by Gasteiger charge is -2.30. The summed E-state index contributed by atoms with van der Waals surface area (Å²) in [6.45, 7) is 6.85. The van der Waals surface area contributed by atoms with E-state index in [0.717, 1.165) is 11.1 Å². The maximum absolute atomic E-state index is 13.0. The number of rotatable bonds is 8. The van der Waals surface area contributed by atoms with Crippen LogP contribution in [-0.4, -0.2) is 29.3 Å². The molecule has 1 atom stereocenters. The van der Waals surface area contributed by atoms with Gasteiger partial charge in [-0.2, -0.15) is 0 Å². The van der Waals surface area contributed by atoms with Gasteiger partial charge in [0.05, 0.1) is 6.42 Å². The number of hydrogen-bond acceptors (Lipinski definition) is 2. The molecule has 0 aliphatic heterocycles. The van der Waals surface area contributed by atoms with Crippen LogP contribution in [0.2, 0.25) is 0 Å². The molecule has 2 aromatic rings. The Morgan fingerprint density at radius 2 is 1.62 bits per heavy atom. The van der Waals surface area contributed by atoms with E-state index in [1.165, 1.54) is 5.56 Å². The molecule has 0 aromatic heterocycles. The van der Waals surface area contributed by atoms with Crippen molar-refractivity contribution in [2.75, 3.05) is 6.54 Å². The predicted molar refractivity (Wildman–Crippen MR) is 105 cm³/mol. The monoisotopic (exact) mass is 352 g/mol. The molecule has 0 unspecified atom stereocenters. The lowest BCUT2D eigenvalue weighted by molar-refractivity contribution is -0.140. The van der Waals surface area contributed by atoms with Crippen LogP contribution >= 0.6 is 0 Å². The zero-order valence-electron chi connectivity index (χ0n) is 15.9. The van der Waals surface area contributed by atoms with Crippen molar-refractivity contribution in [3.05, 3.63) is 71.3 Å². The summed E-state index contributed by atoms with van der Waals surface area (Å²) in [5.74, 6) is -0.126. The van der Waals surface area contributed by atoms with Crippen LogP contribution in [0.1, 0.15) is 37.0 Å². The molecule has 26 heavy (non-hydrogen) atoms. The fourth-order valence-electron chi connectivity index (χ4n) is 2.97. The van der Waals surface area contributed by atoms with Crippen molar-refractivity contribution in [3.63, 3.8) is 0 Å². The third kappa shape index (κ3) is 5.45. The Bertz CT molecular complexity index is 711. The molecular weight excluding hydrogens is 324 g/mol. The molecule has 2 amide bonds. The van der Waals surface area contributed by atoms with Gasteiger partial charge in [-0.05, 0) is 31.4 Å². The highest BCUT2D eigenvalue weighted by molar-refractivity contribution is 5.88. The lowest BCUT2D eigenvalue weighted by Crippen LogP contribution is -2.49. The molecule has 1 N–H and O–H groups in total. The number of hydrogen-bond donors (Lipinski definition) is 1. The highest BCUT2D eigenvalue weighted by atomic mass is 16.2. The van der Waals surface area contributed by atoms with E-state index in [9.17, 15) is 9.59 Å². The van der Waals surface area contributed by atoms with Gasteiger partial charge in [0.2, 0.25) is 11.8 Å². The number of nitrogens with one attached hydrogen (secondary N) is 1. The van der Waals surface area contributed by atoms with E-state index in [1.807, 2.05) is 75.4 Å². The quantitative estimate of drug-likeness (QED) is 0.791. The number of aryl methyl sites for hydroxylation is 1. The molecule has 4 heteroatoms. The van der Waals surface area contributed by atoms with E-state index in [1.54, 1.807) is 4.90 Å². The Kier molecular flexibility index (Phi) is 7.39. The second kappa shape index (κ2) is 9.76. The average molecular weight is 352 g/mol. The van der Waals surface area contributed by atoms with Crippen molar-refractivity contribution in [2.24, 2.45) is 0 Å². The summed E-state index contributed by atoms with van der Waals surface area (Å²) < 4.78 is 0. The van der Waals surface area contributed by atoms with E-state index < -0.39 is 6.04 Å². The Morgan fingerprint density at radius 3 is 2.19 bits per heavy atom. The van der Waals surface area contributed by atoms with Crippen LogP contribution < -0.4 is 5.32 Å². The minimum atomic E-state index is -0.465. The lowest BCUT2D eigenvalue weighted by atomic mass is 10.1. The van der Waals surface area contributed by atoms with Gasteiger partial charge < -0.3 is 10.2 Å². The largest absolute Gasteiger partial charge is 0.355 e. The number of carbonyl (C=O) groups is 2. The highest BCUT2D eigenvalue weighted by Gasteiger charge is 2.28. The molecule has 0 saturated heterocycles. The van der Waals surface area contributed by atoms with Crippen molar-refractivity contribution >= 4 is 11.8 Å². The first-order chi connectivity index (χ1) is 12.5. The molecule has 0 aliphatic rings. The molecule has 0 heterocycles. The molecule has 2 aromatic carbocycles. The summed E-state index contributed by atoms with van der Waals surface area (Å²) in [5.41, 5.74) is 3.16. The molecule has 0 fully saturated rings. The van der Waals surface area contributed by atoms with Gasteiger partial charge in [0, 0.05) is 13.1 Å². The summed E-state index contributed by atoms with van der Waals surface area (Å²) >= 11 is 0. The SMILES string of the molecule is CCNC(=O)[C@@H](CC)N(Cc1ccc(C)cc1)C(=O)Cc1ccccc1. The van der Waals surface area contributed by atoms with Gasteiger partial charge >= 0.3 is 0 Å². The van der Waals surface area contributed by atoms with Crippen LogP contribution in [0.5, 0.6) is 0 Å². The fraction of sp³-hybridized carbons (Fsp3) is 0.364. The maximum atomic E-state index is 13.0. The predicted octanol–water partition coefficient (Wildman–Crippen LogP) is 3.48. The summed E-state index contributed by atoms with van der Waals surface area (Å²) in [6, 6.07) is 17.3. The second-order valence-corrected chi connectivity index (χ2v) is 6.49. The van der Waals surface area contributed by atoms with E-state index in [-0.39, 0.29) is 11.8 Å². The average Bonchev–Trinajstić information content (AvgIpc) is 2.64. The normalized spacial score (nSPS) is 11.7. The molecule has 4 nitrogen and oxygen atoms in total. The number of nitrogens with zero attached hydrogens (tertiary/aromatic N) is 1. The zero-order chi connectivity index (χ0) is 18.9. The highest BCUT2D eigenvalue weighted by Crippen LogP contribution is 2.15. The van der Waals surface area contributed by atoms with Crippen LogP contribution in [0.4, 0.5) is 0 Å². The summed E-state index contributed by atoms with van der Waals surface area (Å²) in [7, 11) is 0. The fourth-order valence-corrected chi connectivity index (χ4v) is 2.97. The first-order valence-electron chi connectivity index (χ1n) is 9.21. The molecule has 2 rings (SSSR count). The molecule has 0 aliphatic carbocycles. The Labute approximate surface area is 156 Å². The summed E-state index contributed by atoms with van der Waals surface area (Å²) in [5, 5.41) is 2.86. The number of amides is 2. The Morgan fingerprint density at radius 1 is 0.962 bits per heavy atom. The van der Waals surface area contributed by atoms with Gasteiger partial charge in [-0.3, -0.25) is 9.59 Å². The molecule has 0 radical (unpaired) electrons. The van der Waals surface area contributed by atoms with Crippen molar-refractivity contribution in [2.45, 2.75) is 46.2 Å². The Balaban J connectivity index is 2.25. The molecule has 138 valence electrons. The maximum Gasteiger partial charge on any atom is 0.242 e. The van der Waals surface area contributed by atoms with Crippen molar-refractivity contribution in [3.8, 4) is 0 Å². The van der Waals surface area contributed by atoms with Crippen molar-refractivity contribution < 1.29 is 9.59 Å². The van der Waals surface area contributed by atoms with Crippen LogP contribution in [0.3, 0.4) is 0 Å². The van der Waals surface area contributed by atoms with E-state index in [4.69, 9.17) is 0 Å². The van der Waals surface area contributed by atoms with Gasteiger partial charge in [0.15, 0.2) is 0 Å². The second-order valence-electron chi connectivity index (χ2n) is 6.49. The van der Waals surface area contributed by atoms with E-state index in [2.05, 4.69) is 5.32 Å². The van der Waals surface area contributed by atoms with Crippen LogP contribution in [0, 0.1) is 6.92 Å². The smallest absolute Gasteiger partial charge is 0.242 e. The van der Waals surface area contributed by atoms with Gasteiger partial charge in [-0.1, -0.05) is 67.1 Å². The van der Waals surface area contributed by atoms with E-state index in [0.29, 0.717) is 25.9 Å². The summed E-state index contributed by atoms with van der Waals surface area (Å²) in [6.07, 6.45) is 0.876. The molecular formula is C22H28N2O2. The van der Waals surface area contributed by atoms with Gasteiger partial charge in [-0.15, -0.1) is 0 Å². The van der Waals surface area contributed by atoms with Crippen LogP contribution in [0.15, 0.2) is 54.6 Å². The minimum absolute atomic E-state index is 0.0325. The van der Waals surface area contributed by atoms with Gasteiger partial charge in [0.1, 0.15) is 6.04 Å². The zero-order valence-corrected chi connectivity index (χ0v) is 15.9. The number of benzene rings is 2. The van der Waals surface area contributed by atoms with E-state index >= 15 is 0 Å². The van der Waals surface area contributed by atoms with Gasteiger partial charge in [0.25, 0.3) is 0 Å². The van der Waals surface area contributed by atoms with Gasteiger partial charge in [-0.25, -0.2) is 0 Å². The first kappa shape index (κ1) is 19.7. The molecule has 0 spiro atoms. The molecule has 0 saturated carbocycles. The topological polar surface area (TPSA) is 49.4 Å². The first-order valence-corrected chi connectivity index (χ1v) is 9.21.